The van der Waals surface area contributed by atoms with E-state index in [2.05, 4.69) is 58.5 Å². The number of hydrogen-bond acceptors (Lipinski definition) is 5. The van der Waals surface area contributed by atoms with E-state index in [0.29, 0.717) is 11.9 Å². The molecule has 0 aliphatic heterocycles. The van der Waals surface area contributed by atoms with E-state index in [4.69, 9.17) is 0 Å². The molecule has 0 amide bonds. The lowest BCUT2D eigenvalue weighted by molar-refractivity contribution is 0.274. The summed E-state index contributed by atoms with van der Waals surface area (Å²) in [5, 5.41) is 14.2. The topological polar surface area (TPSA) is 78.5 Å². The number of hydrogen-bond donors (Lipinski definition) is 3. The number of aromatic amines is 1. The molecule has 0 radical (unpaired) electrons. The van der Waals surface area contributed by atoms with Gasteiger partial charge < -0.3 is 10.6 Å². The van der Waals surface area contributed by atoms with Crippen molar-refractivity contribution >= 4 is 22.8 Å². The number of fused-ring (bicyclic) bond motifs is 1. The van der Waals surface area contributed by atoms with E-state index in [1.54, 1.807) is 13.2 Å². The first-order valence-electron chi connectivity index (χ1n) is 6.54. The second-order valence-electron chi connectivity index (χ2n) is 5.93. The molecule has 0 saturated heterocycles. The van der Waals surface area contributed by atoms with Crippen LogP contribution < -0.4 is 10.6 Å². The molecule has 0 aliphatic carbocycles. The minimum absolute atomic E-state index is 0.265. The average molecular weight is 262 g/mol. The number of rotatable bonds is 4. The van der Waals surface area contributed by atoms with Crippen molar-refractivity contribution in [1.82, 2.24) is 20.2 Å². The van der Waals surface area contributed by atoms with Crippen molar-refractivity contribution in [2.75, 3.05) is 24.2 Å². The van der Waals surface area contributed by atoms with Crippen molar-refractivity contribution in [1.29, 1.82) is 0 Å². The molecule has 0 spiro atoms. The smallest absolute Gasteiger partial charge is 0.226 e. The van der Waals surface area contributed by atoms with Crippen LogP contribution in [-0.4, -0.2) is 33.8 Å². The highest BCUT2D eigenvalue weighted by atomic mass is 15.2. The zero-order chi connectivity index (χ0) is 14.0. The van der Waals surface area contributed by atoms with Gasteiger partial charge in [0.25, 0.3) is 0 Å². The van der Waals surface area contributed by atoms with Gasteiger partial charge in [-0.25, -0.2) is 0 Å². The monoisotopic (exact) mass is 262 g/mol. The van der Waals surface area contributed by atoms with Crippen molar-refractivity contribution in [3.63, 3.8) is 0 Å². The summed E-state index contributed by atoms with van der Waals surface area (Å²) in [5.74, 6) is 1.93. The Bertz CT molecular complexity index is 554. The fourth-order valence-corrected chi connectivity index (χ4v) is 1.64. The molecule has 0 saturated carbocycles. The van der Waals surface area contributed by atoms with Crippen LogP contribution in [0.25, 0.3) is 11.0 Å². The Labute approximate surface area is 113 Å². The van der Waals surface area contributed by atoms with E-state index in [9.17, 15) is 0 Å². The maximum atomic E-state index is 4.45. The van der Waals surface area contributed by atoms with Gasteiger partial charge in [0, 0.05) is 13.6 Å². The predicted octanol–water partition coefficient (Wildman–Crippen LogP) is 2.49. The van der Waals surface area contributed by atoms with Gasteiger partial charge in [0.1, 0.15) is 5.82 Å². The second kappa shape index (κ2) is 5.03. The van der Waals surface area contributed by atoms with E-state index in [1.807, 2.05) is 0 Å². The van der Waals surface area contributed by atoms with Gasteiger partial charge in [-0.05, 0) is 11.3 Å². The van der Waals surface area contributed by atoms with E-state index >= 15 is 0 Å². The Morgan fingerprint density at radius 2 is 2.05 bits per heavy atom. The third kappa shape index (κ3) is 2.94. The van der Waals surface area contributed by atoms with Gasteiger partial charge in [0.15, 0.2) is 5.65 Å². The maximum Gasteiger partial charge on any atom is 0.226 e. The number of nitrogens with one attached hydrogen (secondary N) is 3. The van der Waals surface area contributed by atoms with Crippen LogP contribution in [0.4, 0.5) is 11.8 Å². The molecule has 0 bridgehead atoms. The molecule has 0 fully saturated rings. The molecular formula is C13H22N6. The van der Waals surface area contributed by atoms with E-state index in [-0.39, 0.29) is 5.41 Å². The number of nitrogens with zero attached hydrogens (tertiary/aromatic N) is 3. The van der Waals surface area contributed by atoms with Crippen molar-refractivity contribution in [2.45, 2.75) is 27.7 Å². The number of H-pyrrole nitrogens is 1. The predicted molar refractivity (Wildman–Crippen MR) is 78.3 cm³/mol. The second-order valence-corrected chi connectivity index (χ2v) is 5.93. The van der Waals surface area contributed by atoms with E-state index in [0.717, 1.165) is 23.4 Å². The van der Waals surface area contributed by atoms with Crippen LogP contribution in [0.1, 0.15) is 27.7 Å². The minimum Gasteiger partial charge on any atom is -0.369 e. The van der Waals surface area contributed by atoms with Crippen LogP contribution in [0.3, 0.4) is 0 Å². The van der Waals surface area contributed by atoms with Gasteiger partial charge in [-0.2, -0.15) is 15.1 Å². The Hall–Kier alpha value is -1.85. The lowest BCUT2D eigenvalue weighted by atomic mass is 9.82. The van der Waals surface area contributed by atoms with Crippen LogP contribution >= 0.6 is 0 Å². The summed E-state index contributed by atoms with van der Waals surface area (Å²) >= 11 is 0. The third-order valence-electron chi connectivity index (χ3n) is 3.59. The molecule has 19 heavy (non-hydrogen) atoms. The summed E-state index contributed by atoms with van der Waals surface area (Å²) in [5.41, 5.74) is 1.01. The lowest BCUT2D eigenvalue weighted by Gasteiger charge is -2.27. The van der Waals surface area contributed by atoms with Gasteiger partial charge in [-0.3, -0.25) is 5.10 Å². The Morgan fingerprint density at radius 3 is 2.68 bits per heavy atom. The standard InChI is InChI=1S/C13H22N6/c1-8(13(2,3)4)6-15-10-9-7-16-19-11(9)18-12(14-5)17-10/h7-8H,6H2,1-5H3,(H3,14,15,16,17,18,19). The Kier molecular flexibility index (Phi) is 3.59. The zero-order valence-electron chi connectivity index (χ0n) is 12.2. The average Bonchev–Trinajstić information content (AvgIpc) is 2.82. The number of aromatic nitrogens is 4. The molecule has 104 valence electrons. The van der Waals surface area contributed by atoms with Crippen LogP contribution in [0, 0.1) is 11.3 Å². The Morgan fingerprint density at radius 1 is 1.32 bits per heavy atom. The fraction of sp³-hybridized carbons (Fsp3) is 0.615. The summed E-state index contributed by atoms with van der Waals surface area (Å²) in [6, 6.07) is 0. The molecule has 3 N–H and O–H groups in total. The minimum atomic E-state index is 0.265. The molecule has 2 heterocycles. The molecule has 0 aliphatic rings. The van der Waals surface area contributed by atoms with Crippen molar-refractivity contribution in [2.24, 2.45) is 11.3 Å². The maximum absolute atomic E-state index is 4.45. The summed E-state index contributed by atoms with van der Waals surface area (Å²) < 4.78 is 0. The summed E-state index contributed by atoms with van der Waals surface area (Å²) in [4.78, 5) is 8.76. The highest BCUT2D eigenvalue weighted by Crippen LogP contribution is 2.26. The molecule has 0 aromatic carbocycles. The quantitative estimate of drug-likeness (QED) is 0.789. The Balaban J connectivity index is 2.22. The molecule has 2 aromatic rings. The fourth-order valence-electron chi connectivity index (χ4n) is 1.64. The van der Waals surface area contributed by atoms with Crippen molar-refractivity contribution < 1.29 is 0 Å². The van der Waals surface area contributed by atoms with Crippen LogP contribution in [0.15, 0.2) is 6.20 Å². The van der Waals surface area contributed by atoms with Crippen LogP contribution in [0.2, 0.25) is 0 Å². The lowest BCUT2D eigenvalue weighted by Crippen LogP contribution is -2.25. The van der Waals surface area contributed by atoms with E-state index in [1.165, 1.54) is 0 Å². The summed E-state index contributed by atoms with van der Waals surface area (Å²) in [7, 11) is 1.80. The number of anilines is 2. The summed E-state index contributed by atoms with van der Waals surface area (Å²) in [6.07, 6.45) is 1.75. The first-order chi connectivity index (χ1) is 8.91. The molecule has 6 heteroatoms. The zero-order valence-corrected chi connectivity index (χ0v) is 12.2. The molecule has 6 nitrogen and oxygen atoms in total. The van der Waals surface area contributed by atoms with E-state index < -0.39 is 0 Å². The van der Waals surface area contributed by atoms with Gasteiger partial charge in [0.05, 0.1) is 11.6 Å². The first-order valence-corrected chi connectivity index (χ1v) is 6.54. The molecule has 2 aromatic heterocycles. The van der Waals surface area contributed by atoms with Gasteiger partial charge in [-0.15, -0.1) is 0 Å². The van der Waals surface area contributed by atoms with Gasteiger partial charge >= 0.3 is 0 Å². The molecule has 2 rings (SSSR count). The third-order valence-corrected chi connectivity index (χ3v) is 3.59. The normalized spacial score (nSPS) is 13.5. The largest absolute Gasteiger partial charge is 0.369 e. The molecular weight excluding hydrogens is 240 g/mol. The van der Waals surface area contributed by atoms with Crippen LogP contribution in [-0.2, 0) is 0 Å². The van der Waals surface area contributed by atoms with Gasteiger partial charge in [-0.1, -0.05) is 27.7 Å². The molecule has 1 unspecified atom stereocenters. The first kappa shape index (κ1) is 13.6. The van der Waals surface area contributed by atoms with Crippen molar-refractivity contribution in [3.8, 4) is 0 Å². The van der Waals surface area contributed by atoms with Crippen molar-refractivity contribution in [3.05, 3.63) is 6.20 Å². The summed E-state index contributed by atoms with van der Waals surface area (Å²) in [6.45, 7) is 9.83. The highest BCUT2D eigenvalue weighted by Gasteiger charge is 2.20. The molecule has 1 atom stereocenters. The SMILES string of the molecule is CNc1nc(NCC(C)C(C)(C)C)c2cn[nH]c2n1. The van der Waals surface area contributed by atoms with Gasteiger partial charge in [0.2, 0.25) is 5.95 Å². The highest BCUT2D eigenvalue weighted by molar-refractivity contribution is 5.86. The van der Waals surface area contributed by atoms with Crippen LogP contribution in [0.5, 0.6) is 0 Å².